The topological polar surface area (TPSA) is 86.0 Å². The van der Waals surface area contributed by atoms with Gasteiger partial charge in [-0.3, -0.25) is 4.79 Å². The molecule has 106 valence electrons. The van der Waals surface area contributed by atoms with Crippen molar-refractivity contribution in [3.05, 3.63) is 29.1 Å². The molecule has 0 atom stereocenters. The van der Waals surface area contributed by atoms with Gasteiger partial charge in [0.2, 0.25) is 0 Å². The van der Waals surface area contributed by atoms with Crippen LogP contribution < -0.4 is 5.32 Å². The Morgan fingerprint density at radius 1 is 1.50 bits per heavy atom. The van der Waals surface area contributed by atoms with Gasteiger partial charge in [-0.25, -0.2) is 4.98 Å². The van der Waals surface area contributed by atoms with Crippen LogP contribution in [0.15, 0.2) is 12.1 Å². The van der Waals surface area contributed by atoms with Gasteiger partial charge < -0.3 is 10.4 Å². The molecule has 1 aliphatic carbocycles. The van der Waals surface area contributed by atoms with Gasteiger partial charge in [-0.15, -0.1) is 0 Å². The third-order valence-electron chi connectivity index (χ3n) is 4.06. The highest BCUT2D eigenvalue weighted by atomic mass is 16.3. The molecule has 1 saturated carbocycles. The molecular weight excluding hydrogens is 254 g/mol. The lowest BCUT2D eigenvalue weighted by atomic mass is 9.87. The summed E-state index contributed by atoms with van der Waals surface area (Å²) in [7, 11) is 0. The summed E-state index contributed by atoms with van der Waals surface area (Å²) in [5, 5.41) is 21.2. The molecule has 1 amide bonds. The van der Waals surface area contributed by atoms with Crippen molar-refractivity contribution in [1.29, 1.82) is 5.26 Å². The molecule has 1 fully saturated rings. The molecule has 20 heavy (non-hydrogen) atoms. The van der Waals surface area contributed by atoms with Crippen molar-refractivity contribution >= 4 is 5.91 Å². The van der Waals surface area contributed by atoms with Crippen LogP contribution in [0.25, 0.3) is 0 Å². The maximum absolute atomic E-state index is 12.1. The Bertz CT molecular complexity index is 543. The fourth-order valence-electron chi connectivity index (χ4n) is 2.68. The average Bonchev–Trinajstić information content (AvgIpc) is 2.94. The maximum atomic E-state index is 12.1. The number of aliphatic hydroxyl groups is 1. The average molecular weight is 273 g/mol. The number of nitrogens with zero attached hydrogens (tertiary/aromatic N) is 2. The molecular formula is C15H19N3O2. The van der Waals surface area contributed by atoms with Gasteiger partial charge in [-0.2, -0.15) is 5.26 Å². The summed E-state index contributed by atoms with van der Waals surface area (Å²) in [5.41, 5.74) is 1.17. The van der Waals surface area contributed by atoms with Crippen molar-refractivity contribution in [2.45, 2.75) is 32.6 Å². The van der Waals surface area contributed by atoms with Crippen LogP contribution in [0.5, 0.6) is 0 Å². The molecule has 0 spiro atoms. The quantitative estimate of drug-likeness (QED) is 0.871. The van der Waals surface area contributed by atoms with E-state index in [2.05, 4.69) is 10.3 Å². The summed E-state index contributed by atoms with van der Waals surface area (Å²) < 4.78 is 0. The lowest BCUT2D eigenvalue weighted by Gasteiger charge is -2.26. The summed E-state index contributed by atoms with van der Waals surface area (Å²) in [4.78, 5) is 16.2. The SMILES string of the molecule is Cc1nc(C(=O)NCC2(CO)CCCC2)ccc1C#N. The number of aromatic nitrogens is 1. The third kappa shape index (κ3) is 2.97. The summed E-state index contributed by atoms with van der Waals surface area (Å²) in [6, 6.07) is 5.19. The monoisotopic (exact) mass is 273 g/mol. The number of pyridine rings is 1. The van der Waals surface area contributed by atoms with E-state index in [0.29, 0.717) is 23.5 Å². The van der Waals surface area contributed by atoms with Crippen molar-refractivity contribution in [1.82, 2.24) is 10.3 Å². The molecule has 1 aliphatic rings. The normalized spacial score (nSPS) is 16.6. The van der Waals surface area contributed by atoms with E-state index in [-0.39, 0.29) is 17.9 Å². The number of carbonyl (C=O) groups is 1. The molecule has 1 aromatic heterocycles. The molecule has 0 radical (unpaired) electrons. The molecule has 0 saturated heterocycles. The number of hydrogen-bond donors (Lipinski definition) is 2. The predicted molar refractivity (Wildman–Crippen MR) is 74.0 cm³/mol. The molecule has 0 aliphatic heterocycles. The first-order valence-corrected chi connectivity index (χ1v) is 6.87. The highest BCUT2D eigenvalue weighted by Crippen LogP contribution is 2.36. The van der Waals surface area contributed by atoms with Crippen LogP contribution in [-0.4, -0.2) is 29.1 Å². The lowest BCUT2D eigenvalue weighted by Crippen LogP contribution is -2.38. The van der Waals surface area contributed by atoms with Gasteiger partial charge in [0.1, 0.15) is 11.8 Å². The lowest BCUT2D eigenvalue weighted by molar-refractivity contribution is 0.0876. The molecule has 0 unspecified atom stereocenters. The van der Waals surface area contributed by atoms with E-state index in [4.69, 9.17) is 5.26 Å². The summed E-state index contributed by atoms with van der Waals surface area (Å²) in [6.45, 7) is 2.29. The maximum Gasteiger partial charge on any atom is 0.269 e. The number of carbonyl (C=O) groups excluding carboxylic acids is 1. The Morgan fingerprint density at radius 3 is 2.75 bits per heavy atom. The number of nitriles is 1. The fourth-order valence-corrected chi connectivity index (χ4v) is 2.68. The second-order valence-electron chi connectivity index (χ2n) is 5.49. The van der Waals surface area contributed by atoms with E-state index < -0.39 is 0 Å². The Balaban J connectivity index is 2.02. The first kappa shape index (κ1) is 14.5. The van der Waals surface area contributed by atoms with Crippen molar-refractivity contribution in [2.24, 2.45) is 5.41 Å². The molecule has 1 heterocycles. The molecule has 1 aromatic rings. The molecule has 0 aromatic carbocycles. The van der Waals surface area contributed by atoms with E-state index >= 15 is 0 Å². The molecule has 2 N–H and O–H groups in total. The Morgan fingerprint density at radius 2 is 2.20 bits per heavy atom. The first-order valence-electron chi connectivity index (χ1n) is 6.87. The van der Waals surface area contributed by atoms with Gasteiger partial charge in [0.25, 0.3) is 5.91 Å². The van der Waals surface area contributed by atoms with E-state index in [1.54, 1.807) is 19.1 Å². The zero-order valence-corrected chi connectivity index (χ0v) is 11.6. The molecule has 5 nitrogen and oxygen atoms in total. The second kappa shape index (κ2) is 6.02. The van der Waals surface area contributed by atoms with Gasteiger partial charge in [0, 0.05) is 12.0 Å². The number of aliphatic hydroxyl groups excluding tert-OH is 1. The minimum atomic E-state index is -0.252. The van der Waals surface area contributed by atoms with E-state index in [1.165, 1.54) is 0 Å². The number of nitrogens with one attached hydrogen (secondary N) is 1. The van der Waals surface area contributed by atoms with Crippen LogP contribution in [0, 0.1) is 23.7 Å². The fraction of sp³-hybridized carbons (Fsp3) is 0.533. The molecule has 0 bridgehead atoms. The van der Waals surface area contributed by atoms with E-state index in [0.717, 1.165) is 25.7 Å². The van der Waals surface area contributed by atoms with Gasteiger partial charge in [0.05, 0.1) is 17.9 Å². The Kier molecular flexibility index (Phi) is 4.35. The van der Waals surface area contributed by atoms with Crippen molar-refractivity contribution < 1.29 is 9.90 Å². The first-order chi connectivity index (χ1) is 9.60. The van der Waals surface area contributed by atoms with Crippen LogP contribution in [-0.2, 0) is 0 Å². The third-order valence-corrected chi connectivity index (χ3v) is 4.06. The van der Waals surface area contributed by atoms with Crippen molar-refractivity contribution in [3.8, 4) is 6.07 Å². The van der Waals surface area contributed by atoms with Crippen LogP contribution in [0.2, 0.25) is 0 Å². The van der Waals surface area contributed by atoms with Crippen molar-refractivity contribution in [3.63, 3.8) is 0 Å². The smallest absolute Gasteiger partial charge is 0.269 e. The molecule has 5 heteroatoms. The number of amides is 1. The largest absolute Gasteiger partial charge is 0.396 e. The van der Waals surface area contributed by atoms with Crippen LogP contribution >= 0.6 is 0 Å². The number of rotatable bonds is 4. The zero-order chi connectivity index (χ0) is 14.6. The van der Waals surface area contributed by atoms with E-state index in [1.807, 2.05) is 6.07 Å². The number of hydrogen-bond acceptors (Lipinski definition) is 4. The minimum Gasteiger partial charge on any atom is -0.396 e. The highest BCUT2D eigenvalue weighted by Gasteiger charge is 2.33. The zero-order valence-electron chi connectivity index (χ0n) is 11.6. The summed E-state index contributed by atoms with van der Waals surface area (Å²) in [6.07, 6.45) is 4.10. The van der Waals surface area contributed by atoms with Crippen LogP contribution in [0.4, 0.5) is 0 Å². The number of aryl methyl sites for hydroxylation is 1. The summed E-state index contributed by atoms with van der Waals surface area (Å²) in [5.74, 6) is -0.252. The van der Waals surface area contributed by atoms with Gasteiger partial charge >= 0.3 is 0 Å². The summed E-state index contributed by atoms with van der Waals surface area (Å²) >= 11 is 0. The van der Waals surface area contributed by atoms with Crippen molar-refractivity contribution in [2.75, 3.05) is 13.2 Å². The minimum absolute atomic E-state index is 0.104. The van der Waals surface area contributed by atoms with E-state index in [9.17, 15) is 9.90 Å². The van der Waals surface area contributed by atoms with Crippen LogP contribution in [0.3, 0.4) is 0 Å². The van der Waals surface area contributed by atoms with Gasteiger partial charge in [0.15, 0.2) is 0 Å². The molecule has 2 rings (SSSR count). The van der Waals surface area contributed by atoms with Crippen LogP contribution in [0.1, 0.15) is 47.4 Å². The van der Waals surface area contributed by atoms with Gasteiger partial charge in [-0.05, 0) is 31.9 Å². The highest BCUT2D eigenvalue weighted by molar-refractivity contribution is 5.92. The predicted octanol–water partition coefficient (Wildman–Crippen LogP) is 1.54. The second-order valence-corrected chi connectivity index (χ2v) is 5.49. The Labute approximate surface area is 118 Å². The standard InChI is InChI=1S/C15H19N3O2/c1-11-12(8-16)4-5-13(18-11)14(20)17-9-15(10-19)6-2-3-7-15/h4-5,19H,2-3,6-7,9-10H2,1H3,(H,17,20). The van der Waals surface area contributed by atoms with Gasteiger partial charge in [-0.1, -0.05) is 12.8 Å². The Hall–Kier alpha value is -1.93.